The number of rotatable bonds is 8. The molecule has 0 fully saturated rings. The van der Waals surface area contributed by atoms with E-state index in [1.54, 1.807) is 24.4 Å². The molecule has 0 aliphatic carbocycles. The fourth-order valence-corrected chi connectivity index (χ4v) is 4.14. The van der Waals surface area contributed by atoms with Crippen LogP contribution in [0.15, 0.2) is 85.2 Å². The highest BCUT2D eigenvalue weighted by molar-refractivity contribution is 6.06. The van der Waals surface area contributed by atoms with E-state index in [1.807, 2.05) is 72.2 Å². The summed E-state index contributed by atoms with van der Waals surface area (Å²) in [7, 11) is 3.80. The molecule has 0 aliphatic rings. The molecular weight excluding hydrogens is 412 g/mol. The summed E-state index contributed by atoms with van der Waals surface area (Å²) < 4.78 is 1.98. The van der Waals surface area contributed by atoms with Gasteiger partial charge >= 0.3 is 0 Å². The first-order valence-corrected chi connectivity index (χ1v) is 11.1. The zero-order chi connectivity index (χ0) is 23.2. The molecule has 33 heavy (non-hydrogen) atoms. The van der Waals surface area contributed by atoms with Crippen LogP contribution < -0.4 is 5.32 Å². The summed E-state index contributed by atoms with van der Waals surface area (Å²) in [5.41, 5.74) is 3.14. The van der Waals surface area contributed by atoms with Crippen LogP contribution in [-0.2, 0) is 13.5 Å². The average Bonchev–Trinajstić information content (AvgIpc) is 3.24. The SMILES string of the molecule is CN(C(=O)c1cccc2ccn(C)c12)C(CCNC(=O)c1ccccn1)Cc1ccccc1. The number of fused-ring (bicyclic) bond motifs is 1. The standard InChI is InChI=1S/C27H28N4O2/c1-30-18-15-21-11-8-12-23(25(21)30)27(33)31(2)22(19-20-9-4-3-5-10-20)14-17-29-26(32)24-13-6-7-16-28-24/h3-13,15-16,18,22H,14,17,19H2,1-2H3,(H,29,32). The Morgan fingerprint density at radius 2 is 1.79 bits per heavy atom. The van der Waals surface area contributed by atoms with Gasteiger partial charge in [-0.25, -0.2) is 0 Å². The predicted octanol–water partition coefficient (Wildman–Crippen LogP) is 4.08. The maximum absolute atomic E-state index is 13.6. The number of nitrogens with one attached hydrogen (secondary N) is 1. The van der Waals surface area contributed by atoms with Gasteiger partial charge in [0.1, 0.15) is 5.69 Å². The number of benzene rings is 2. The van der Waals surface area contributed by atoms with E-state index in [0.717, 1.165) is 16.5 Å². The summed E-state index contributed by atoms with van der Waals surface area (Å²) in [6.45, 7) is 0.443. The molecule has 6 nitrogen and oxygen atoms in total. The molecule has 6 heteroatoms. The fourth-order valence-electron chi connectivity index (χ4n) is 4.14. The van der Waals surface area contributed by atoms with Crippen molar-refractivity contribution in [3.8, 4) is 0 Å². The quantitative estimate of drug-likeness (QED) is 0.449. The molecule has 0 saturated carbocycles. The predicted molar refractivity (Wildman–Crippen MR) is 130 cm³/mol. The zero-order valence-corrected chi connectivity index (χ0v) is 18.9. The Labute approximate surface area is 193 Å². The normalized spacial score (nSPS) is 11.8. The second-order valence-corrected chi connectivity index (χ2v) is 8.19. The smallest absolute Gasteiger partial charge is 0.269 e. The van der Waals surface area contributed by atoms with Crippen LogP contribution in [0.1, 0.15) is 32.8 Å². The lowest BCUT2D eigenvalue weighted by molar-refractivity contribution is 0.0724. The van der Waals surface area contributed by atoms with Crippen LogP contribution in [0.25, 0.3) is 10.9 Å². The number of aromatic nitrogens is 2. The lowest BCUT2D eigenvalue weighted by Gasteiger charge is -2.29. The van der Waals surface area contributed by atoms with Crippen LogP contribution in [0, 0.1) is 0 Å². The monoisotopic (exact) mass is 440 g/mol. The van der Waals surface area contributed by atoms with Crippen molar-refractivity contribution in [2.45, 2.75) is 18.9 Å². The molecule has 4 aromatic rings. The lowest BCUT2D eigenvalue weighted by atomic mass is 10.0. The van der Waals surface area contributed by atoms with Gasteiger partial charge in [-0.2, -0.15) is 0 Å². The second-order valence-electron chi connectivity index (χ2n) is 8.19. The number of para-hydroxylation sites is 1. The number of pyridine rings is 1. The first-order chi connectivity index (χ1) is 16.0. The van der Waals surface area contributed by atoms with Crippen molar-refractivity contribution in [3.05, 3.63) is 102 Å². The summed E-state index contributed by atoms with van der Waals surface area (Å²) in [4.78, 5) is 31.9. The Morgan fingerprint density at radius 3 is 2.55 bits per heavy atom. The number of hydrogen-bond donors (Lipinski definition) is 1. The van der Waals surface area contributed by atoms with Crippen molar-refractivity contribution in [2.75, 3.05) is 13.6 Å². The number of aryl methyl sites for hydroxylation is 1. The topological polar surface area (TPSA) is 67.2 Å². The highest BCUT2D eigenvalue weighted by Gasteiger charge is 2.24. The molecular formula is C27H28N4O2. The molecule has 2 amide bonds. The Kier molecular flexibility index (Phi) is 6.83. The molecule has 0 spiro atoms. The van der Waals surface area contributed by atoms with Crippen LogP contribution in [0.4, 0.5) is 0 Å². The number of amides is 2. The number of carbonyl (C=O) groups is 2. The highest BCUT2D eigenvalue weighted by Crippen LogP contribution is 2.22. The van der Waals surface area contributed by atoms with E-state index in [0.29, 0.717) is 30.6 Å². The van der Waals surface area contributed by atoms with Crippen LogP contribution in [0.3, 0.4) is 0 Å². The van der Waals surface area contributed by atoms with Gasteiger partial charge in [0.05, 0.1) is 11.1 Å². The summed E-state index contributed by atoms with van der Waals surface area (Å²) in [6, 6.07) is 23.1. The molecule has 1 unspecified atom stereocenters. The van der Waals surface area contributed by atoms with Gasteiger partial charge in [-0.3, -0.25) is 14.6 Å². The van der Waals surface area contributed by atoms with Crippen molar-refractivity contribution in [3.63, 3.8) is 0 Å². The third-order valence-corrected chi connectivity index (χ3v) is 5.97. The van der Waals surface area contributed by atoms with Gasteiger partial charge in [0.2, 0.25) is 0 Å². The number of nitrogens with zero attached hydrogens (tertiary/aromatic N) is 3. The molecule has 1 atom stereocenters. The van der Waals surface area contributed by atoms with Gasteiger partial charge in [0, 0.05) is 44.5 Å². The molecule has 2 aromatic heterocycles. The molecule has 2 heterocycles. The third kappa shape index (κ3) is 5.12. The van der Waals surface area contributed by atoms with Crippen LogP contribution in [0.2, 0.25) is 0 Å². The Hall–Kier alpha value is -3.93. The zero-order valence-electron chi connectivity index (χ0n) is 18.9. The van der Waals surface area contributed by atoms with Gasteiger partial charge in [-0.15, -0.1) is 0 Å². The fraction of sp³-hybridized carbons (Fsp3) is 0.222. The molecule has 2 aromatic carbocycles. The van der Waals surface area contributed by atoms with E-state index in [9.17, 15) is 9.59 Å². The summed E-state index contributed by atoms with van der Waals surface area (Å²) in [5.74, 6) is -0.240. The van der Waals surface area contributed by atoms with Gasteiger partial charge in [0.25, 0.3) is 11.8 Å². The molecule has 0 radical (unpaired) electrons. The number of likely N-dealkylation sites (N-methyl/N-ethyl adjacent to an activating group) is 1. The van der Waals surface area contributed by atoms with E-state index < -0.39 is 0 Å². The van der Waals surface area contributed by atoms with E-state index in [4.69, 9.17) is 0 Å². The van der Waals surface area contributed by atoms with Crippen molar-refractivity contribution in [2.24, 2.45) is 7.05 Å². The van der Waals surface area contributed by atoms with Gasteiger partial charge < -0.3 is 14.8 Å². The van der Waals surface area contributed by atoms with Crippen molar-refractivity contribution < 1.29 is 9.59 Å². The third-order valence-electron chi connectivity index (χ3n) is 5.97. The number of hydrogen-bond acceptors (Lipinski definition) is 3. The average molecular weight is 441 g/mol. The van der Waals surface area contributed by atoms with E-state index in [1.165, 1.54) is 0 Å². The minimum atomic E-state index is -0.211. The first kappa shape index (κ1) is 22.3. The largest absolute Gasteiger partial charge is 0.351 e. The Bertz CT molecular complexity index is 1230. The summed E-state index contributed by atoms with van der Waals surface area (Å²) in [6.07, 6.45) is 4.89. The molecule has 4 rings (SSSR count). The highest BCUT2D eigenvalue weighted by atomic mass is 16.2. The lowest BCUT2D eigenvalue weighted by Crippen LogP contribution is -2.41. The minimum Gasteiger partial charge on any atom is -0.351 e. The van der Waals surface area contributed by atoms with E-state index in [-0.39, 0.29) is 17.9 Å². The Morgan fingerprint density at radius 1 is 1.00 bits per heavy atom. The summed E-state index contributed by atoms with van der Waals surface area (Å²) in [5, 5.41) is 3.98. The van der Waals surface area contributed by atoms with Gasteiger partial charge in [0.15, 0.2) is 0 Å². The van der Waals surface area contributed by atoms with Crippen LogP contribution >= 0.6 is 0 Å². The minimum absolute atomic E-state index is 0.0283. The maximum Gasteiger partial charge on any atom is 0.269 e. The molecule has 0 aliphatic heterocycles. The van der Waals surface area contributed by atoms with Crippen molar-refractivity contribution in [1.82, 2.24) is 19.8 Å². The first-order valence-electron chi connectivity index (χ1n) is 11.1. The van der Waals surface area contributed by atoms with Crippen molar-refractivity contribution in [1.29, 1.82) is 0 Å². The van der Waals surface area contributed by atoms with Crippen LogP contribution in [-0.4, -0.2) is 45.9 Å². The van der Waals surface area contributed by atoms with Gasteiger partial charge in [-0.05, 0) is 42.7 Å². The maximum atomic E-state index is 13.6. The second kappa shape index (κ2) is 10.1. The van der Waals surface area contributed by atoms with Crippen LogP contribution in [0.5, 0.6) is 0 Å². The van der Waals surface area contributed by atoms with E-state index in [2.05, 4.69) is 22.4 Å². The van der Waals surface area contributed by atoms with Gasteiger partial charge in [-0.1, -0.05) is 48.5 Å². The van der Waals surface area contributed by atoms with E-state index >= 15 is 0 Å². The molecule has 0 bridgehead atoms. The number of carbonyl (C=O) groups excluding carboxylic acids is 2. The van der Waals surface area contributed by atoms with Crippen molar-refractivity contribution >= 4 is 22.7 Å². The molecule has 168 valence electrons. The molecule has 1 N–H and O–H groups in total. The Balaban J connectivity index is 1.52. The summed E-state index contributed by atoms with van der Waals surface area (Å²) >= 11 is 0. The molecule has 0 saturated heterocycles.